The van der Waals surface area contributed by atoms with Gasteiger partial charge in [-0.3, -0.25) is 14.4 Å². The van der Waals surface area contributed by atoms with Crippen LogP contribution in [-0.2, 0) is 14.4 Å². The highest BCUT2D eigenvalue weighted by Crippen LogP contribution is 2.03. The number of aromatic hydroxyl groups is 3. The van der Waals surface area contributed by atoms with E-state index in [9.17, 15) is 0 Å². The third-order valence-electron chi connectivity index (χ3n) is 2.10. The third-order valence-corrected chi connectivity index (χ3v) is 2.10. The van der Waals surface area contributed by atoms with Crippen molar-refractivity contribution < 1.29 is 45.0 Å². The van der Waals surface area contributed by atoms with Crippen LogP contribution < -0.4 is 0 Å². The summed E-state index contributed by atoms with van der Waals surface area (Å²) in [4.78, 5) is 27.0. The van der Waals surface area contributed by atoms with Gasteiger partial charge in [0.05, 0.1) is 0 Å². The summed E-state index contributed by atoms with van der Waals surface area (Å²) in [5.74, 6) is -1.63. The lowest BCUT2D eigenvalue weighted by Gasteiger charge is -1.81. The highest BCUT2D eigenvalue weighted by Gasteiger charge is 1.76. The van der Waals surface area contributed by atoms with Crippen molar-refractivity contribution in [1.29, 1.82) is 0 Å². The zero-order chi connectivity index (χ0) is 26.1. The molecule has 0 spiro atoms. The molecule has 0 unspecified atom stereocenters. The monoisotopic (exact) mass is 459 g/mol. The smallest absolute Gasteiger partial charge is 0.300 e. The Kier molecular flexibility index (Phi) is 23.8. The van der Waals surface area contributed by atoms with Crippen LogP contribution in [0.4, 0.5) is 0 Å². The van der Waals surface area contributed by atoms with Crippen molar-refractivity contribution in [3.05, 3.63) is 91.0 Å². The molecule has 0 aliphatic carbocycles. The number of carboxylic acid groups (broad SMARTS) is 3. The van der Waals surface area contributed by atoms with E-state index in [4.69, 9.17) is 45.0 Å². The first kappa shape index (κ1) is 33.1. The molecule has 177 valence electrons. The van der Waals surface area contributed by atoms with Crippen LogP contribution >= 0.6 is 0 Å². The van der Waals surface area contributed by atoms with Crippen molar-refractivity contribution in [2.45, 2.75) is 20.8 Å². The van der Waals surface area contributed by atoms with Crippen LogP contribution in [0.5, 0.6) is 17.2 Å². The van der Waals surface area contributed by atoms with Crippen molar-refractivity contribution >= 4 is 17.9 Å². The number of aliphatic carboxylic acids is 3. The number of carbonyl (C=O) groups is 3. The van der Waals surface area contributed by atoms with Gasteiger partial charge in [0.2, 0.25) is 0 Å². The Morgan fingerprint density at radius 1 is 0.485 bits per heavy atom. The molecule has 3 aromatic rings. The molecule has 3 aromatic carbocycles. The van der Waals surface area contributed by atoms with E-state index in [1.165, 1.54) is 0 Å². The molecule has 0 fully saturated rings. The largest absolute Gasteiger partial charge is 0.508 e. The van der Waals surface area contributed by atoms with Gasteiger partial charge in [-0.2, -0.15) is 0 Å². The summed E-state index contributed by atoms with van der Waals surface area (Å²) in [7, 11) is 0. The molecular formula is C24H27O9. The number of hydrogen-bond acceptors (Lipinski definition) is 6. The summed E-state index contributed by atoms with van der Waals surface area (Å²) in [6, 6.07) is 27.8. The minimum Gasteiger partial charge on any atom is -0.508 e. The lowest BCUT2D eigenvalue weighted by atomic mass is 10.3. The standard InChI is InChI=1S/3C6H5O.3C2H4O2/c3*7-6-4-2-1-3-5-6;3*1-2(3)4/h3*2-5,7H;3*1H3,(H,3,4). The van der Waals surface area contributed by atoms with Crippen LogP contribution in [0.15, 0.2) is 72.8 Å². The molecule has 3 rings (SSSR count). The first-order chi connectivity index (χ1) is 15.4. The molecule has 0 amide bonds. The molecule has 0 aliphatic heterocycles. The zero-order valence-electron chi connectivity index (χ0n) is 18.3. The summed E-state index contributed by atoms with van der Waals surface area (Å²) in [5.41, 5.74) is 0. The van der Waals surface area contributed by atoms with Gasteiger partial charge in [-0.1, -0.05) is 36.4 Å². The topological polar surface area (TPSA) is 173 Å². The van der Waals surface area contributed by atoms with Crippen LogP contribution in [0, 0.1) is 18.2 Å². The highest BCUT2D eigenvalue weighted by atomic mass is 16.4. The second kappa shape index (κ2) is 23.7. The fourth-order valence-corrected chi connectivity index (χ4v) is 1.13. The summed E-state index contributed by atoms with van der Waals surface area (Å²) in [5, 5.41) is 48.1. The maximum absolute atomic E-state index is 9.00. The molecule has 0 aromatic heterocycles. The van der Waals surface area contributed by atoms with Crippen molar-refractivity contribution in [2.24, 2.45) is 0 Å². The van der Waals surface area contributed by atoms with Crippen molar-refractivity contribution in [2.75, 3.05) is 0 Å². The van der Waals surface area contributed by atoms with E-state index in [1.54, 1.807) is 72.8 Å². The van der Waals surface area contributed by atoms with Gasteiger partial charge in [-0.05, 0) is 54.6 Å². The van der Waals surface area contributed by atoms with E-state index >= 15 is 0 Å². The summed E-state index contributed by atoms with van der Waals surface area (Å²) in [6.07, 6.45) is 0. The average Bonchev–Trinajstić information content (AvgIpc) is 2.69. The van der Waals surface area contributed by atoms with E-state index in [0.717, 1.165) is 20.8 Å². The molecule has 0 aliphatic rings. The van der Waals surface area contributed by atoms with Gasteiger partial charge in [-0.25, -0.2) is 0 Å². The number of carboxylic acids is 3. The van der Waals surface area contributed by atoms with Crippen LogP contribution in [0.1, 0.15) is 20.8 Å². The van der Waals surface area contributed by atoms with Crippen LogP contribution in [-0.4, -0.2) is 48.5 Å². The van der Waals surface area contributed by atoms with E-state index in [0.29, 0.717) is 17.2 Å². The Morgan fingerprint density at radius 3 is 0.667 bits per heavy atom. The minimum atomic E-state index is -0.833. The Bertz CT molecular complexity index is 723. The highest BCUT2D eigenvalue weighted by molar-refractivity contribution is 5.63. The predicted octanol–water partition coefficient (Wildman–Crippen LogP) is 3.85. The average molecular weight is 459 g/mol. The molecule has 6 N–H and O–H groups in total. The minimum absolute atomic E-state index is 0.291. The number of phenolic OH excluding ortho intramolecular Hbond substituents is 3. The third kappa shape index (κ3) is 47.0. The van der Waals surface area contributed by atoms with E-state index in [-0.39, 0.29) is 0 Å². The fourth-order valence-electron chi connectivity index (χ4n) is 1.13. The summed E-state index contributed by atoms with van der Waals surface area (Å²) >= 11 is 0. The molecule has 9 nitrogen and oxygen atoms in total. The Balaban J connectivity index is -0.000000335. The van der Waals surface area contributed by atoms with Gasteiger partial charge >= 0.3 is 0 Å². The van der Waals surface area contributed by atoms with Gasteiger partial charge in [0, 0.05) is 20.8 Å². The number of rotatable bonds is 0. The first-order valence-electron chi connectivity index (χ1n) is 8.92. The van der Waals surface area contributed by atoms with E-state index in [1.807, 2.05) is 0 Å². The molecule has 0 saturated heterocycles. The van der Waals surface area contributed by atoms with Gasteiger partial charge in [0.1, 0.15) is 17.2 Å². The second-order valence-electron chi connectivity index (χ2n) is 5.33. The van der Waals surface area contributed by atoms with Gasteiger partial charge in [0.25, 0.3) is 17.9 Å². The normalized spacial score (nSPS) is 7.73. The maximum atomic E-state index is 9.00. The Hall–Kier alpha value is -4.53. The van der Waals surface area contributed by atoms with Crippen molar-refractivity contribution in [3.63, 3.8) is 0 Å². The molecule has 0 heterocycles. The molecular weight excluding hydrogens is 432 g/mol. The lowest BCUT2D eigenvalue weighted by Crippen LogP contribution is -1.78. The van der Waals surface area contributed by atoms with Gasteiger partial charge in [0.15, 0.2) is 0 Å². The SMILES string of the molecule is CC(=O)O.CC(=O)O.CC(=O)O.Oc1cc[c]cc1.Oc1cc[c]cc1.Oc1cc[c]cc1. The van der Waals surface area contributed by atoms with Crippen molar-refractivity contribution in [3.8, 4) is 17.2 Å². The Labute approximate surface area is 192 Å². The van der Waals surface area contributed by atoms with Crippen LogP contribution in [0.2, 0.25) is 0 Å². The maximum Gasteiger partial charge on any atom is 0.300 e. The van der Waals surface area contributed by atoms with Crippen LogP contribution in [0.25, 0.3) is 0 Å². The zero-order valence-corrected chi connectivity index (χ0v) is 18.3. The number of phenols is 3. The van der Waals surface area contributed by atoms with Gasteiger partial charge in [-0.15, -0.1) is 0 Å². The molecule has 9 heteroatoms. The summed E-state index contributed by atoms with van der Waals surface area (Å²) in [6.45, 7) is 3.25. The number of hydrogen-bond donors (Lipinski definition) is 6. The first-order valence-corrected chi connectivity index (χ1v) is 8.92. The molecule has 0 saturated carbocycles. The molecule has 0 bridgehead atoms. The van der Waals surface area contributed by atoms with E-state index in [2.05, 4.69) is 18.2 Å². The Morgan fingerprint density at radius 2 is 0.606 bits per heavy atom. The second-order valence-corrected chi connectivity index (χ2v) is 5.33. The van der Waals surface area contributed by atoms with E-state index < -0.39 is 17.9 Å². The number of benzene rings is 3. The summed E-state index contributed by atoms with van der Waals surface area (Å²) < 4.78 is 0. The van der Waals surface area contributed by atoms with Crippen LogP contribution in [0.3, 0.4) is 0 Å². The molecule has 3 radical (unpaired) electrons. The fraction of sp³-hybridized carbons (Fsp3) is 0.125. The van der Waals surface area contributed by atoms with Crippen molar-refractivity contribution in [1.82, 2.24) is 0 Å². The molecule has 33 heavy (non-hydrogen) atoms. The molecule has 0 atom stereocenters. The quantitative estimate of drug-likeness (QED) is 0.292. The van der Waals surface area contributed by atoms with Gasteiger partial charge < -0.3 is 30.6 Å². The lowest BCUT2D eigenvalue weighted by molar-refractivity contribution is -0.135. The predicted molar refractivity (Wildman–Crippen MR) is 121 cm³/mol.